The van der Waals surface area contributed by atoms with Gasteiger partial charge in [-0.05, 0) is 25.9 Å². The highest BCUT2D eigenvalue weighted by Crippen LogP contribution is 2.15. The van der Waals surface area contributed by atoms with Crippen molar-refractivity contribution in [3.05, 3.63) is 6.33 Å². The van der Waals surface area contributed by atoms with Crippen molar-refractivity contribution in [3.63, 3.8) is 0 Å². The van der Waals surface area contributed by atoms with Crippen LogP contribution in [0.2, 0.25) is 0 Å². The Morgan fingerprint density at radius 3 is 2.94 bits per heavy atom. The first-order valence-corrected chi connectivity index (χ1v) is 6.55. The Labute approximate surface area is 100 Å². The normalized spacial score (nSPS) is 17.2. The van der Waals surface area contributed by atoms with Crippen molar-refractivity contribution >= 4 is 11.8 Å². The summed E-state index contributed by atoms with van der Waals surface area (Å²) in [6.45, 7) is 3.17. The van der Waals surface area contributed by atoms with E-state index in [1.54, 1.807) is 18.1 Å². The van der Waals surface area contributed by atoms with E-state index < -0.39 is 0 Å². The summed E-state index contributed by atoms with van der Waals surface area (Å²) >= 11 is 1.57. The number of rotatable bonds is 4. The minimum atomic E-state index is 0.651. The van der Waals surface area contributed by atoms with E-state index in [2.05, 4.69) is 20.9 Å². The molecule has 1 aliphatic heterocycles. The van der Waals surface area contributed by atoms with Gasteiger partial charge in [-0.25, -0.2) is 9.67 Å². The van der Waals surface area contributed by atoms with Gasteiger partial charge in [-0.15, -0.1) is 6.42 Å². The molecule has 2 rings (SSSR count). The van der Waals surface area contributed by atoms with E-state index in [1.165, 1.54) is 32.4 Å². The second-order valence-corrected chi connectivity index (χ2v) is 4.80. The lowest BCUT2D eigenvalue weighted by Crippen LogP contribution is -2.32. The van der Waals surface area contributed by atoms with Crippen molar-refractivity contribution in [2.75, 3.05) is 18.8 Å². The fraction of sp³-hybridized carbons (Fsp3) is 0.636. The summed E-state index contributed by atoms with van der Waals surface area (Å²) in [4.78, 5) is 6.63. The lowest BCUT2D eigenvalue weighted by molar-refractivity contribution is 0.166. The Bertz CT molecular complexity index is 362. The number of aromatic nitrogens is 3. The van der Waals surface area contributed by atoms with Gasteiger partial charge in [-0.2, -0.15) is 5.10 Å². The first-order chi connectivity index (χ1) is 7.90. The highest BCUT2D eigenvalue weighted by molar-refractivity contribution is 7.99. The van der Waals surface area contributed by atoms with Crippen LogP contribution in [0.4, 0.5) is 0 Å². The second-order valence-electron chi connectivity index (χ2n) is 3.86. The SMILES string of the molecule is C#CCSc1ncnn1CN1CCCCC1. The van der Waals surface area contributed by atoms with Gasteiger partial charge in [-0.1, -0.05) is 24.1 Å². The highest BCUT2D eigenvalue weighted by atomic mass is 32.2. The molecule has 0 saturated carbocycles. The van der Waals surface area contributed by atoms with Crippen LogP contribution < -0.4 is 0 Å². The average molecular weight is 236 g/mol. The Morgan fingerprint density at radius 2 is 2.19 bits per heavy atom. The topological polar surface area (TPSA) is 34.0 Å². The van der Waals surface area contributed by atoms with Crippen molar-refractivity contribution in [3.8, 4) is 12.3 Å². The van der Waals surface area contributed by atoms with Gasteiger partial charge in [0.1, 0.15) is 6.33 Å². The molecule has 1 fully saturated rings. The fourth-order valence-electron chi connectivity index (χ4n) is 1.86. The Kier molecular flexibility index (Phi) is 4.25. The van der Waals surface area contributed by atoms with Crippen LogP contribution in [0.3, 0.4) is 0 Å². The van der Waals surface area contributed by atoms with Crippen LogP contribution in [-0.4, -0.2) is 38.5 Å². The Hall–Kier alpha value is -0.990. The van der Waals surface area contributed by atoms with Gasteiger partial charge in [0, 0.05) is 0 Å². The summed E-state index contributed by atoms with van der Waals surface area (Å²) < 4.78 is 1.94. The molecular weight excluding hydrogens is 220 g/mol. The number of piperidine rings is 1. The molecule has 0 amide bonds. The third kappa shape index (κ3) is 3.00. The van der Waals surface area contributed by atoms with E-state index in [9.17, 15) is 0 Å². The van der Waals surface area contributed by atoms with E-state index >= 15 is 0 Å². The van der Waals surface area contributed by atoms with Gasteiger partial charge < -0.3 is 0 Å². The smallest absolute Gasteiger partial charge is 0.188 e. The zero-order chi connectivity index (χ0) is 11.2. The van der Waals surface area contributed by atoms with E-state index in [0.717, 1.165) is 11.8 Å². The summed E-state index contributed by atoms with van der Waals surface area (Å²) in [5.74, 6) is 3.26. The molecule has 0 N–H and O–H groups in total. The average Bonchev–Trinajstić information content (AvgIpc) is 2.75. The minimum Gasteiger partial charge on any atom is -0.284 e. The quantitative estimate of drug-likeness (QED) is 0.585. The van der Waals surface area contributed by atoms with E-state index in [0.29, 0.717) is 5.75 Å². The van der Waals surface area contributed by atoms with Crippen molar-refractivity contribution in [2.24, 2.45) is 0 Å². The maximum Gasteiger partial charge on any atom is 0.188 e. The molecule has 0 bridgehead atoms. The number of hydrogen-bond acceptors (Lipinski definition) is 4. The van der Waals surface area contributed by atoms with Crippen molar-refractivity contribution in [1.82, 2.24) is 19.7 Å². The molecule has 0 spiro atoms. The molecule has 1 aromatic heterocycles. The van der Waals surface area contributed by atoms with E-state index in [-0.39, 0.29) is 0 Å². The van der Waals surface area contributed by atoms with Crippen molar-refractivity contribution in [2.45, 2.75) is 31.1 Å². The molecule has 0 aromatic carbocycles. The Balaban J connectivity index is 1.92. The van der Waals surface area contributed by atoms with Gasteiger partial charge in [-0.3, -0.25) is 4.90 Å². The predicted octanol–water partition coefficient (Wildman–Crippen LogP) is 1.45. The van der Waals surface area contributed by atoms with Gasteiger partial charge in [0.15, 0.2) is 5.16 Å². The molecule has 2 heterocycles. The van der Waals surface area contributed by atoms with Gasteiger partial charge in [0.05, 0.1) is 12.4 Å². The number of terminal acetylenes is 1. The monoisotopic (exact) mass is 236 g/mol. The molecule has 1 aliphatic rings. The second kappa shape index (κ2) is 5.92. The van der Waals surface area contributed by atoms with Crippen LogP contribution in [0.15, 0.2) is 11.5 Å². The molecule has 1 aromatic rings. The molecule has 5 heteroatoms. The third-order valence-corrected chi connectivity index (χ3v) is 3.53. The number of nitrogens with zero attached hydrogens (tertiary/aromatic N) is 4. The maximum atomic E-state index is 5.24. The third-order valence-electron chi connectivity index (χ3n) is 2.65. The molecule has 16 heavy (non-hydrogen) atoms. The van der Waals surface area contributed by atoms with Gasteiger partial charge >= 0.3 is 0 Å². The zero-order valence-electron chi connectivity index (χ0n) is 9.30. The van der Waals surface area contributed by atoms with Crippen LogP contribution >= 0.6 is 11.8 Å². The van der Waals surface area contributed by atoms with Crippen molar-refractivity contribution < 1.29 is 0 Å². The van der Waals surface area contributed by atoms with E-state index in [4.69, 9.17) is 6.42 Å². The summed E-state index contributed by atoms with van der Waals surface area (Å²) in [5.41, 5.74) is 0. The van der Waals surface area contributed by atoms with Gasteiger partial charge in [0.2, 0.25) is 0 Å². The first kappa shape index (κ1) is 11.5. The summed E-state index contributed by atoms with van der Waals surface area (Å²) in [5, 5.41) is 5.16. The number of thioether (sulfide) groups is 1. The standard InChI is InChI=1S/C11H16N4S/c1-2-8-16-11-12-9-13-15(11)10-14-6-4-3-5-7-14/h1,9H,3-8,10H2. The molecular formula is C11H16N4S. The molecule has 4 nitrogen and oxygen atoms in total. The molecule has 0 aliphatic carbocycles. The summed E-state index contributed by atoms with van der Waals surface area (Å²) in [6.07, 6.45) is 10.8. The minimum absolute atomic E-state index is 0.651. The van der Waals surface area contributed by atoms with Crippen LogP contribution in [-0.2, 0) is 6.67 Å². The van der Waals surface area contributed by atoms with Gasteiger partial charge in [0.25, 0.3) is 0 Å². The van der Waals surface area contributed by atoms with Crippen LogP contribution in [0.5, 0.6) is 0 Å². The van der Waals surface area contributed by atoms with Crippen LogP contribution in [0.1, 0.15) is 19.3 Å². The molecule has 1 saturated heterocycles. The number of hydrogen-bond donors (Lipinski definition) is 0. The lowest BCUT2D eigenvalue weighted by Gasteiger charge is -2.26. The summed E-state index contributed by atoms with van der Waals surface area (Å²) in [6, 6.07) is 0. The fourth-order valence-corrected chi connectivity index (χ4v) is 2.45. The maximum absolute atomic E-state index is 5.24. The molecule has 0 unspecified atom stereocenters. The zero-order valence-corrected chi connectivity index (χ0v) is 10.1. The molecule has 0 radical (unpaired) electrons. The lowest BCUT2D eigenvalue weighted by atomic mass is 10.1. The highest BCUT2D eigenvalue weighted by Gasteiger charge is 2.12. The largest absolute Gasteiger partial charge is 0.284 e. The first-order valence-electron chi connectivity index (χ1n) is 5.56. The predicted molar refractivity (Wildman–Crippen MR) is 65.0 cm³/mol. The van der Waals surface area contributed by atoms with E-state index in [1.807, 2.05) is 4.68 Å². The number of likely N-dealkylation sites (tertiary alicyclic amines) is 1. The molecule has 86 valence electrons. The van der Waals surface area contributed by atoms with Crippen LogP contribution in [0.25, 0.3) is 0 Å². The Morgan fingerprint density at radius 1 is 1.38 bits per heavy atom. The summed E-state index contributed by atoms with van der Waals surface area (Å²) in [7, 11) is 0. The van der Waals surface area contributed by atoms with Crippen molar-refractivity contribution in [1.29, 1.82) is 0 Å². The molecule has 0 atom stereocenters. The van der Waals surface area contributed by atoms with Crippen LogP contribution in [0, 0.1) is 12.3 Å².